The van der Waals surface area contributed by atoms with Gasteiger partial charge in [-0.3, -0.25) is 10.1 Å². The summed E-state index contributed by atoms with van der Waals surface area (Å²) in [5.41, 5.74) is 0. The van der Waals surface area contributed by atoms with Crippen molar-refractivity contribution in [1.82, 2.24) is 5.32 Å². The molecule has 0 aromatic carbocycles. The highest BCUT2D eigenvalue weighted by atomic mass is 16.4. The molecule has 0 aliphatic carbocycles. The van der Waals surface area contributed by atoms with Gasteiger partial charge in [0.2, 0.25) is 0 Å². The van der Waals surface area contributed by atoms with Crippen molar-refractivity contribution in [2.24, 2.45) is 5.92 Å². The molecule has 4 heteroatoms. The Morgan fingerprint density at radius 2 is 1.16 bits per heavy atom. The van der Waals surface area contributed by atoms with Crippen LogP contribution in [-0.2, 0) is 4.79 Å². The van der Waals surface area contributed by atoms with Gasteiger partial charge in [-0.05, 0) is 63.7 Å². The topological polar surface area (TPSA) is 69.6 Å². The molecule has 2 atom stereocenters. The minimum atomic E-state index is -0.910. The molecule has 0 saturated heterocycles. The third kappa shape index (κ3) is 21.1. The zero-order chi connectivity index (χ0) is 23.9. The van der Waals surface area contributed by atoms with E-state index in [1.807, 2.05) is 19.9 Å². The van der Waals surface area contributed by atoms with Gasteiger partial charge in [0, 0.05) is 0 Å². The summed E-state index contributed by atoms with van der Waals surface area (Å²) in [4.78, 5) is 11.2. The second kappa shape index (κ2) is 22.0. The standard InChI is InChI=1S/C28H45NO3/c1-4-5-6-7-8-9-10-11-12-13-14-15-16-17-18-19-20-21-22-23-27(30)29-26(28(31)32)24-25(2)3/h5-6,8-9,11-12,14-15,17-18,20-21,25-27,29-30H,4,7,10,13,16,19,22-24H2,1-3H3,(H,31,32)/b6-5-,9-8-,12-11-,15-14-,18-17-,21-20-. The molecule has 0 rings (SSSR count). The quantitative estimate of drug-likeness (QED) is 0.150. The summed E-state index contributed by atoms with van der Waals surface area (Å²) in [5.74, 6) is -0.647. The second-order valence-corrected chi connectivity index (χ2v) is 8.20. The number of hydrogen-bond donors (Lipinski definition) is 3. The van der Waals surface area contributed by atoms with Crippen LogP contribution in [0, 0.1) is 5.92 Å². The Morgan fingerprint density at radius 1 is 0.750 bits per heavy atom. The first-order chi connectivity index (χ1) is 15.5. The van der Waals surface area contributed by atoms with Gasteiger partial charge in [-0.2, -0.15) is 0 Å². The molecule has 32 heavy (non-hydrogen) atoms. The largest absolute Gasteiger partial charge is 0.480 e. The molecule has 0 amide bonds. The molecule has 0 spiro atoms. The van der Waals surface area contributed by atoms with Crippen molar-refractivity contribution in [3.05, 3.63) is 72.9 Å². The van der Waals surface area contributed by atoms with E-state index in [1.165, 1.54) is 0 Å². The lowest BCUT2D eigenvalue weighted by molar-refractivity contribution is -0.141. The predicted octanol–water partition coefficient (Wildman–Crippen LogP) is 6.87. The van der Waals surface area contributed by atoms with Crippen LogP contribution in [0.25, 0.3) is 0 Å². The predicted molar refractivity (Wildman–Crippen MR) is 137 cm³/mol. The summed E-state index contributed by atoms with van der Waals surface area (Å²) in [6, 6.07) is -0.699. The Bertz CT molecular complexity index is 627. The minimum Gasteiger partial charge on any atom is -0.480 e. The van der Waals surface area contributed by atoms with Gasteiger partial charge in [0.15, 0.2) is 0 Å². The lowest BCUT2D eigenvalue weighted by Crippen LogP contribution is -2.44. The number of nitrogens with one attached hydrogen (secondary N) is 1. The Labute approximate surface area is 196 Å². The monoisotopic (exact) mass is 443 g/mol. The minimum absolute atomic E-state index is 0.263. The summed E-state index contributed by atoms with van der Waals surface area (Å²) in [7, 11) is 0. The first kappa shape index (κ1) is 29.8. The molecule has 2 unspecified atom stereocenters. The lowest BCUT2D eigenvalue weighted by atomic mass is 10.0. The highest BCUT2D eigenvalue weighted by molar-refractivity contribution is 5.73. The summed E-state index contributed by atoms with van der Waals surface area (Å²) in [6.07, 6.45) is 32.7. The Morgan fingerprint density at radius 3 is 1.53 bits per heavy atom. The molecule has 0 aliphatic rings. The normalized spacial score (nSPS) is 15.0. The molecule has 0 aliphatic heterocycles. The molecule has 0 saturated carbocycles. The van der Waals surface area contributed by atoms with E-state index in [-0.39, 0.29) is 5.92 Å². The number of aliphatic hydroxyl groups is 1. The van der Waals surface area contributed by atoms with Crippen molar-refractivity contribution in [2.45, 2.75) is 90.8 Å². The van der Waals surface area contributed by atoms with E-state index in [2.05, 4.69) is 79.1 Å². The summed E-state index contributed by atoms with van der Waals surface area (Å²) in [5, 5.41) is 22.0. The Balaban J connectivity index is 3.78. The number of rotatable bonds is 19. The van der Waals surface area contributed by atoms with Crippen LogP contribution in [0.5, 0.6) is 0 Å². The highest BCUT2D eigenvalue weighted by Gasteiger charge is 2.20. The molecular formula is C28H45NO3. The van der Waals surface area contributed by atoms with Gasteiger partial charge >= 0.3 is 5.97 Å². The molecule has 0 fully saturated rings. The fraction of sp³-hybridized carbons (Fsp3) is 0.536. The number of aliphatic carboxylic acids is 1. The van der Waals surface area contributed by atoms with Crippen molar-refractivity contribution in [3.63, 3.8) is 0 Å². The molecule has 180 valence electrons. The molecule has 0 radical (unpaired) electrons. The molecule has 0 aromatic rings. The van der Waals surface area contributed by atoms with Crippen molar-refractivity contribution >= 4 is 5.97 Å². The third-order valence-corrected chi connectivity index (χ3v) is 4.60. The van der Waals surface area contributed by atoms with Gasteiger partial charge < -0.3 is 10.2 Å². The molecule has 0 bridgehead atoms. The molecular weight excluding hydrogens is 398 g/mol. The maximum Gasteiger partial charge on any atom is 0.320 e. The van der Waals surface area contributed by atoms with Gasteiger partial charge in [0.05, 0.1) is 0 Å². The van der Waals surface area contributed by atoms with Crippen LogP contribution in [0.4, 0.5) is 0 Å². The van der Waals surface area contributed by atoms with Crippen molar-refractivity contribution in [2.75, 3.05) is 0 Å². The zero-order valence-electron chi connectivity index (χ0n) is 20.3. The van der Waals surface area contributed by atoms with Gasteiger partial charge in [0.1, 0.15) is 12.3 Å². The summed E-state index contributed by atoms with van der Waals surface area (Å²) >= 11 is 0. The van der Waals surface area contributed by atoms with Crippen LogP contribution < -0.4 is 5.32 Å². The number of carbonyl (C=O) groups is 1. The van der Waals surface area contributed by atoms with E-state index in [4.69, 9.17) is 0 Å². The second-order valence-electron chi connectivity index (χ2n) is 8.20. The van der Waals surface area contributed by atoms with Crippen molar-refractivity contribution in [3.8, 4) is 0 Å². The van der Waals surface area contributed by atoms with E-state index in [0.717, 1.165) is 38.5 Å². The molecule has 4 nitrogen and oxygen atoms in total. The fourth-order valence-corrected chi connectivity index (χ4v) is 2.92. The van der Waals surface area contributed by atoms with Crippen LogP contribution in [0.3, 0.4) is 0 Å². The van der Waals surface area contributed by atoms with Crippen LogP contribution >= 0.6 is 0 Å². The van der Waals surface area contributed by atoms with E-state index < -0.39 is 18.2 Å². The van der Waals surface area contributed by atoms with Crippen LogP contribution in [0.1, 0.15) is 78.6 Å². The molecule has 0 aromatic heterocycles. The van der Waals surface area contributed by atoms with Crippen LogP contribution in [0.15, 0.2) is 72.9 Å². The maximum atomic E-state index is 11.2. The number of carboxylic acid groups (broad SMARTS) is 1. The number of hydrogen-bond acceptors (Lipinski definition) is 3. The van der Waals surface area contributed by atoms with E-state index in [0.29, 0.717) is 19.3 Å². The zero-order valence-corrected chi connectivity index (χ0v) is 20.3. The number of aliphatic hydroxyl groups excluding tert-OH is 1. The average molecular weight is 444 g/mol. The van der Waals surface area contributed by atoms with E-state index >= 15 is 0 Å². The first-order valence-electron chi connectivity index (χ1n) is 12.0. The number of carboxylic acids is 1. The lowest BCUT2D eigenvalue weighted by Gasteiger charge is -2.20. The summed E-state index contributed by atoms with van der Waals surface area (Å²) in [6.45, 7) is 6.09. The fourth-order valence-electron chi connectivity index (χ4n) is 2.92. The van der Waals surface area contributed by atoms with Crippen LogP contribution in [-0.4, -0.2) is 28.5 Å². The Hall–Kier alpha value is -2.17. The van der Waals surface area contributed by atoms with Gasteiger partial charge in [0.25, 0.3) is 0 Å². The molecule has 0 heterocycles. The van der Waals surface area contributed by atoms with E-state index in [1.54, 1.807) is 0 Å². The van der Waals surface area contributed by atoms with Gasteiger partial charge in [-0.15, -0.1) is 0 Å². The summed E-state index contributed by atoms with van der Waals surface area (Å²) < 4.78 is 0. The van der Waals surface area contributed by atoms with Crippen LogP contribution in [0.2, 0.25) is 0 Å². The highest BCUT2D eigenvalue weighted by Crippen LogP contribution is 2.07. The Kier molecular flexibility index (Phi) is 20.5. The van der Waals surface area contributed by atoms with Crippen molar-refractivity contribution < 1.29 is 15.0 Å². The maximum absolute atomic E-state index is 11.2. The smallest absolute Gasteiger partial charge is 0.320 e. The SMILES string of the molecule is CC/C=C\C/C=C\C/C=C\C/C=C\C/C=C\C/C=C\CCC(O)NC(CC(C)C)C(=O)O. The van der Waals surface area contributed by atoms with Gasteiger partial charge in [-0.25, -0.2) is 0 Å². The molecule has 3 N–H and O–H groups in total. The van der Waals surface area contributed by atoms with Crippen molar-refractivity contribution in [1.29, 1.82) is 0 Å². The third-order valence-electron chi connectivity index (χ3n) is 4.60. The number of allylic oxidation sites excluding steroid dienone is 12. The van der Waals surface area contributed by atoms with Gasteiger partial charge in [-0.1, -0.05) is 93.7 Å². The average Bonchev–Trinajstić information content (AvgIpc) is 2.74. The first-order valence-corrected chi connectivity index (χ1v) is 12.0. The van der Waals surface area contributed by atoms with E-state index in [9.17, 15) is 15.0 Å².